The van der Waals surface area contributed by atoms with Crippen molar-refractivity contribution in [1.82, 2.24) is 0 Å². The van der Waals surface area contributed by atoms with Crippen LogP contribution in [0.1, 0.15) is 97.3 Å². The smallest absolute Gasteiger partial charge is 0.303 e. The molecule has 4 aliphatic carbocycles. The van der Waals surface area contributed by atoms with Crippen molar-refractivity contribution in [2.24, 2.45) is 52.2 Å². The first-order chi connectivity index (χ1) is 15.5. The van der Waals surface area contributed by atoms with E-state index in [0.29, 0.717) is 25.2 Å². The first-order valence-electron chi connectivity index (χ1n) is 14.1. The van der Waals surface area contributed by atoms with Gasteiger partial charge in [-0.25, -0.2) is 0 Å². The molecule has 4 nitrogen and oxygen atoms in total. The van der Waals surface area contributed by atoms with E-state index in [4.69, 9.17) is 2.74 Å². The zero-order valence-electron chi connectivity index (χ0n) is 23.2. The number of carboxylic acid groups (broad SMARTS) is 1. The number of aliphatic hydroxyl groups is 2. The van der Waals surface area contributed by atoms with E-state index in [1.165, 1.54) is 6.92 Å². The Hall–Kier alpha value is -0.610. The van der Waals surface area contributed by atoms with Gasteiger partial charge in [-0.15, -0.1) is 0 Å². The van der Waals surface area contributed by atoms with Crippen LogP contribution in [0.5, 0.6) is 0 Å². The Kier molecular flexibility index (Phi) is 4.81. The van der Waals surface area contributed by atoms with Crippen LogP contribution >= 0.6 is 0 Å². The summed E-state index contributed by atoms with van der Waals surface area (Å²) in [5, 5.41) is 31.7. The van der Waals surface area contributed by atoms with Crippen LogP contribution in [-0.2, 0) is 4.79 Å². The number of aliphatic carboxylic acids is 1. The van der Waals surface area contributed by atoms with Crippen molar-refractivity contribution in [3.05, 3.63) is 0 Å². The van der Waals surface area contributed by atoms with E-state index in [9.17, 15) is 22.9 Å². The van der Waals surface area contributed by atoms with Crippen LogP contribution in [0.15, 0.2) is 0 Å². The molecular formula is C26H44O4. The fourth-order valence-corrected chi connectivity index (χ4v) is 8.65. The standard InChI is InChI=1S/C26H44O4/c1-5-17-21-14-16(27)10-12-26(21,4)20-11-13-25(3)18(15(2)6-9-22(28)29)7-8-19(25)23(20)24(17)30/h15-21,23-24,27,30H,5-14H2,1-4H3,(H,28,29)/t15-,16-,17+,18-,19+,20+,21+,23+,24-,25-,26-/m1/s1/i5D2,17D,24D. The lowest BCUT2D eigenvalue weighted by atomic mass is 9.41. The van der Waals surface area contributed by atoms with Crippen LogP contribution in [0.4, 0.5) is 0 Å². The number of aliphatic hydroxyl groups excluding tert-OH is 1. The van der Waals surface area contributed by atoms with E-state index in [-0.39, 0.29) is 36.0 Å². The highest BCUT2D eigenvalue weighted by Gasteiger charge is 2.64. The Morgan fingerprint density at radius 2 is 1.77 bits per heavy atom. The third-order valence-corrected chi connectivity index (χ3v) is 10.2. The van der Waals surface area contributed by atoms with Gasteiger partial charge in [-0.1, -0.05) is 34.1 Å². The number of hydrogen-bond acceptors (Lipinski definition) is 3. The molecule has 3 N–H and O–H groups in total. The van der Waals surface area contributed by atoms with Crippen LogP contribution in [0, 0.1) is 52.2 Å². The Labute approximate surface area is 188 Å². The monoisotopic (exact) mass is 424 g/mol. The highest BCUT2D eigenvalue weighted by molar-refractivity contribution is 5.66. The predicted octanol–water partition coefficient (Wildman–Crippen LogP) is 5.11. The molecule has 0 heterocycles. The van der Waals surface area contributed by atoms with E-state index in [0.717, 1.165) is 25.7 Å². The molecule has 0 radical (unpaired) electrons. The third-order valence-electron chi connectivity index (χ3n) is 10.2. The summed E-state index contributed by atoms with van der Waals surface area (Å²) >= 11 is 0. The van der Waals surface area contributed by atoms with E-state index in [1.807, 2.05) is 0 Å². The van der Waals surface area contributed by atoms with Crippen molar-refractivity contribution >= 4 is 5.97 Å². The van der Waals surface area contributed by atoms with Crippen LogP contribution < -0.4 is 0 Å². The Bertz CT molecular complexity index is 815. The molecule has 0 unspecified atom stereocenters. The Balaban J connectivity index is 1.77. The van der Waals surface area contributed by atoms with Crippen molar-refractivity contribution in [1.29, 1.82) is 0 Å². The molecule has 0 amide bonds. The molecule has 0 bridgehead atoms. The Morgan fingerprint density at radius 1 is 1.10 bits per heavy atom. The van der Waals surface area contributed by atoms with E-state index >= 15 is 0 Å². The lowest BCUT2D eigenvalue weighted by Crippen LogP contribution is -2.62. The van der Waals surface area contributed by atoms with Gasteiger partial charge in [0.1, 0.15) is 0 Å². The third kappa shape index (κ3) is 3.36. The lowest BCUT2D eigenvalue weighted by molar-refractivity contribution is -0.203. The summed E-state index contributed by atoms with van der Waals surface area (Å²) < 4.78 is 36.2. The van der Waals surface area contributed by atoms with E-state index < -0.39 is 47.7 Å². The minimum absolute atomic E-state index is 0.00253. The number of carboxylic acids is 1. The molecule has 4 heteroatoms. The fraction of sp³-hybridized carbons (Fsp3) is 0.962. The summed E-state index contributed by atoms with van der Waals surface area (Å²) in [7, 11) is 0. The van der Waals surface area contributed by atoms with Gasteiger partial charge in [0.2, 0.25) is 0 Å². The van der Waals surface area contributed by atoms with Crippen LogP contribution in [0.2, 0.25) is 0 Å². The average Bonchev–Trinajstić information content (AvgIpc) is 3.07. The molecular weight excluding hydrogens is 376 g/mol. The first-order valence-corrected chi connectivity index (χ1v) is 12.1. The van der Waals surface area contributed by atoms with Gasteiger partial charge in [0, 0.05) is 10.5 Å². The van der Waals surface area contributed by atoms with Crippen LogP contribution in [0.3, 0.4) is 0 Å². The normalized spacial score (nSPS) is 58.9. The maximum absolute atomic E-state index is 12.0. The minimum atomic E-state index is -2.28. The second kappa shape index (κ2) is 8.06. The quantitative estimate of drug-likeness (QED) is 0.573. The van der Waals surface area contributed by atoms with E-state index in [2.05, 4.69) is 20.8 Å². The zero-order chi connectivity index (χ0) is 25.5. The van der Waals surface area contributed by atoms with Crippen LogP contribution in [-0.4, -0.2) is 33.5 Å². The average molecular weight is 425 g/mol. The van der Waals surface area contributed by atoms with Crippen molar-refractivity contribution in [2.75, 3.05) is 0 Å². The second-order valence-corrected chi connectivity index (χ2v) is 11.4. The van der Waals surface area contributed by atoms with Crippen molar-refractivity contribution < 1.29 is 25.6 Å². The SMILES string of the molecule is [2H]C([2H])(C)[C@@]1([2H])[C@@H]2C[C@H](O)CC[C@]2(C)[C@H]2CC[C@]3(C)[C@@H]([C@H](C)CCC(=O)O)CC[C@H]3[C@@H]2[C@]1([2H])O. The number of rotatable bonds is 5. The van der Waals surface area contributed by atoms with Gasteiger partial charge in [0.15, 0.2) is 0 Å². The molecule has 0 aromatic carbocycles. The maximum atomic E-state index is 12.0. The largest absolute Gasteiger partial charge is 0.481 e. The lowest BCUT2D eigenvalue weighted by Gasteiger charge is -2.64. The van der Waals surface area contributed by atoms with Gasteiger partial charge < -0.3 is 15.3 Å². The van der Waals surface area contributed by atoms with Gasteiger partial charge in [0.25, 0.3) is 0 Å². The molecule has 0 aromatic rings. The minimum Gasteiger partial charge on any atom is -0.481 e. The molecule has 4 aliphatic rings. The van der Waals surface area contributed by atoms with Crippen molar-refractivity contribution in [3.8, 4) is 0 Å². The number of carbonyl (C=O) groups is 1. The maximum Gasteiger partial charge on any atom is 0.303 e. The molecule has 4 saturated carbocycles. The molecule has 4 rings (SSSR count). The summed E-state index contributed by atoms with van der Waals surface area (Å²) in [5.74, 6) is -3.41. The summed E-state index contributed by atoms with van der Waals surface area (Å²) in [6, 6.07) is 0. The molecule has 30 heavy (non-hydrogen) atoms. The molecule has 0 saturated heterocycles. The van der Waals surface area contributed by atoms with Gasteiger partial charge in [-0.2, -0.15) is 0 Å². The van der Waals surface area contributed by atoms with Gasteiger partial charge in [-0.05, 0) is 104 Å². The highest BCUT2D eigenvalue weighted by Crippen LogP contribution is 2.69. The fourth-order valence-electron chi connectivity index (χ4n) is 8.65. The number of fused-ring (bicyclic) bond motifs is 5. The second-order valence-electron chi connectivity index (χ2n) is 11.4. The zero-order valence-corrected chi connectivity index (χ0v) is 19.2. The summed E-state index contributed by atoms with van der Waals surface area (Å²) in [6.07, 6.45) is 0.823. The van der Waals surface area contributed by atoms with Crippen molar-refractivity contribution in [2.45, 2.75) is 104 Å². The van der Waals surface area contributed by atoms with Crippen LogP contribution in [0.25, 0.3) is 0 Å². The molecule has 0 aliphatic heterocycles. The molecule has 0 spiro atoms. The van der Waals surface area contributed by atoms with E-state index in [1.54, 1.807) is 0 Å². The first kappa shape index (κ1) is 17.9. The summed E-state index contributed by atoms with van der Waals surface area (Å²) in [5.41, 5.74) is -0.566. The molecule has 11 atom stereocenters. The molecule has 172 valence electrons. The summed E-state index contributed by atoms with van der Waals surface area (Å²) in [4.78, 5) is 11.2. The van der Waals surface area contributed by atoms with Crippen molar-refractivity contribution in [3.63, 3.8) is 0 Å². The number of hydrogen-bond donors (Lipinski definition) is 3. The van der Waals surface area contributed by atoms with Gasteiger partial charge >= 0.3 is 5.97 Å². The predicted molar refractivity (Wildman–Crippen MR) is 118 cm³/mol. The van der Waals surface area contributed by atoms with Gasteiger partial charge in [-0.3, -0.25) is 4.79 Å². The Morgan fingerprint density at radius 3 is 2.43 bits per heavy atom. The van der Waals surface area contributed by atoms with Gasteiger partial charge in [0.05, 0.1) is 13.6 Å². The highest BCUT2D eigenvalue weighted by atomic mass is 16.4. The topological polar surface area (TPSA) is 77.8 Å². The molecule has 0 aromatic heterocycles. The summed E-state index contributed by atoms with van der Waals surface area (Å²) in [6.45, 7) is 7.83. The molecule has 4 fully saturated rings.